The number of rotatable bonds is 11. The van der Waals surface area contributed by atoms with Crippen molar-refractivity contribution in [3.63, 3.8) is 0 Å². The van der Waals surface area contributed by atoms with Crippen molar-refractivity contribution in [1.82, 2.24) is 0 Å². The first-order valence-corrected chi connectivity index (χ1v) is 13.1. The molecule has 6 nitrogen and oxygen atoms in total. The Labute approximate surface area is 220 Å². The van der Waals surface area contributed by atoms with E-state index in [1.54, 1.807) is 0 Å². The van der Waals surface area contributed by atoms with Crippen molar-refractivity contribution < 1.29 is 28.8 Å². The lowest BCUT2D eigenvalue weighted by Crippen LogP contribution is -2.60. The van der Waals surface area contributed by atoms with Gasteiger partial charge in [-0.3, -0.25) is 4.79 Å². The number of hydrogen-bond donors (Lipinski definition) is 1. The van der Waals surface area contributed by atoms with Crippen LogP contribution in [0.1, 0.15) is 11.1 Å². The zero-order valence-corrected chi connectivity index (χ0v) is 21.2. The highest BCUT2D eigenvalue weighted by Gasteiger charge is 2.49. The minimum Gasteiger partial charge on any atom is -0.456 e. The molecular formula is C28H29ClO6S. The summed E-state index contributed by atoms with van der Waals surface area (Å²) in [6, 6.07) is 29.1. The Hall–Kier alpha value is -2.39. The van der Waals surface area contributed by atoms with Crippen LogP contribution in [0.2, 0.25) is 0 Å². The van der Waals surface area contributed by atoms with Crippen LogP contribution in [0.15, 0.2) is 95.9 Å². The van der Waals surface area contributed by atoms with Crippen LogP contribution in [0, 0.1) is 0 Å². The molecule has 0 radical (unpaired) electrons. The SMILES string of the molecule is O=C(CCl)O[C@@H]1[C@H](OCc2ccccc2)[C@@H](Sc2ccccc2)O[C@H](CO)[C@H]1OCc1ccccc1. The molecular weight excluding hydrogens is 500 g/mol. The fraction of sp³-hybridized carbons (Fsp3) is 0.321. The number of aliphatic hydroxyl groups is 1. The van der Waals surface area contributed by atoms with E-state index >= 15 is 0 Å². The molecule has 1 aliphatic heterocycles. The van der Waals surface area contributed by atoms with Gasteiger partial charge in [-0.1, -0.05) is 90.6 Å². The molecule has 3 aromatic carbocycles. The van der Waals surface area contributed by atoms with Crippen LogP contribution >= 0.6 is 23.4 Å². The summed E-state index contributed by atoms with van der Waals surface area (Å²) in [5.74, 6) is -0.903. The van der Waals surface area contributed by atoms with Gasteiger partial charge in [0.05, 0.1) is 19.8 Å². The van der Waals surface area contributed by atoms with E-state index in [1.165, 1.54) is 11.8 Å². The third-order valence-corrected chi connectivity index (χ3v) is 7.09. The monoisotopic (exact) mass is 528 g/mol. The van der Waals surface area contributed by atoms with E-state index in [4.69, 9.17) is 30.5 Å². The van der Waals surface area contributed by atoms with Gasteiger partial charge in [-0.25, -0.2) is 0 Å². The van der Waals surface area contributed by atoms with Gasteiger partial charge in [0.1, 0.15) is 29.6 Å². The first kappa shape index (κ1) is 26.7. The summed E-state index contributed by atoms with van der Waals surface area (Å²) < 4.78 is 24.7. The summed E-state index contributed by atoms with van der Waals surface area (Å²) in [4.78, 5) is 13.4. The van der Waals surface area contributed by atoms with E-state index in [0.717, 1.165) is 16.0 Å². The number of thioether (sulfide) groups is 1. The van der Waals surface area contributed by atoms with Crippen LogP contribution in [0.3, 0.4) is 0 Å². The van der Waals surface area contributed by atoms with E-state index in [-0.39, 0.29) is 25.7 Å². The quantitative estimate of drug-likeness (QED) is 0.282. The second-order valence-electron chi connectivity index (χ2n) is 8.27. The summed E-state index contributed by atoms with van der Waals surface area (Å²) >= 11 is 7.25. The van der Waals surface area contributed by atoms with Crippen molar-refractivity contribution in [2.45, 2.75) is 48.0 Å². The second-order valence-corrected chi connectivity index (χ2v) is 9.71. The molecule has 0 spiro atoms. The number of aliphatic hydroxyl groups excluding tert-OH is 1. The maximum Gasteiger partial charge on any atom is 0.321 e. The molecule has 1 N–H and O–H groups in total. The molecule has 3 aromatic rings. The Morgan fingerprint density at radius 2 is 1.33 bits per heavy atom. The number of esters is 1. The fourth-order valence-corrected chi connectivity index (χ4v) is 5.19. The molecule has 0 aromatic heterocycles. The molecule has 1 aliphatic rings. The zero-order valence-electron chi connectivity index (χ0n) is 19.7. The Kier molecular flexibility index (Phi) is 10.2. The second kappa shape index (κ2) is 13.8. The molecule has 0 aliphatic carbocycles. The predicted octanol–water partition coefficient (Wildman–Crippen LogP) is 4.82. The van der Waals surface area contributed by atoms with Crippen molar-refractivity contribution >= 4 is 29.3 Å². The molecule has 0 bridgehead atoms. The summed E-state index contributed by atoms with van der Waals surface area (Å²) in [7, 11) is 0. The third kappa shape index (κ3) is 7.32. The number of hydrogen-bond acceptors (Lipinski definition) is 7. The third-order valence-electron chi connectivity index (χ3n) is 5.71. The van der Waals surface area contributed by atoms with Gasteiger partial charge in [-0.2, -0.15) is 0 Å². The van der Waals surface area contributed by atoms with Gasteiger partial charge in [-0.05, 0) is 23.3 Å². The molecule has 5 atom stereocenters. The summed E-state index contributed by atoms with van der Waals surface area (Å²) in [5.41, 5.74) is 1.34. The molecule has 0 saturated carbocycles. The summed E-state index contributed by atoms with van der Waals surface area (Å²) in [6.45, 7) is 0.221. The van der Waals surface area contributed by atoms with Crippen LogP contribution < -0.4 is 0 Å². The maximum absolute atomic E-state index is 12.4. The van der Waals surface area contributed by atoms with Crippen molar-refractivity contribution in [2.75, 3.05) is 12.5 Å². The van der Waals surface area contributed by atoms with Crippen molar-refractivity contribution in [3.05, 3.63) is 102 Å². The summed E-state index contributed by atoms with van der Waals surface area (Å²) in [5, 5.41) is 10.2. The first-order valence-electron chi connectivity index (χ1n) is 11.7. The van der Waals surface area contributed by atoms with Crippen LogP contribution in [0.4, 0.5) is 0 Å². The molecule has 36 heavy (non-hydrogen) atoms. The average Bonchev–Trinajstić information content (AvgIpc) is 2.93. The molecule has 190 valence electrons. The van der Waals surface area contributed by atoms with Gasteiger partial charge in [-0.15, -0.1) is 11.6 Å². The minimum absolute atomic E-state index is 0.252. The Balaban J connectivity index is 1.62. The average molecular weight is 529 g/mol. The molecule has 1 heterocycles. The number of benzene rings is 3. The largest absolute Gasteiger partial charge is 0.456 e. The van der Waals surface area contributed by atoms with Gasteiger partial charge in [0.15, 0.2) is 6.10 Å². The first-order chi connectivity index (χ1) is 17.7. The highest BCUT2D eigenvalue weighted by molar-refractivity contribution is 7.99. The predicted molar refractivity (Wildman–Crippen MR) is 139 cm³/mol. The van der Waals surface area contributed by atoms with Gasteiger partial charge in [0.25, 0.3) is 0 Å². The molecule has 4 rings (SSSR count). The Bertz CT molecular complexity index is 1060. The van der Waals surface area contributed by atoms with E-state index in [9.17, 15) is 9.90 Å². The smallest absolute Gasteiger partial charge is 0.321 e. The number of alkyl halides is 1. The summed E-state index contributed by atoms with van der Waals surface area (Å²) in [6.07, 6.45) is -3.04. The van der Waals surface area contributed by atoms with Crippen LogP contribution in [-0.2, 0) is 37.0 Å². The van der Waals surface area contributed by atoms with Crippen LogP contribution in [-0.4, -0.2) is 53.4 Å². The van der Waals surface area contributed by atoms with E-state index in [1.807, 2.05) is 91.0 Å². The van der Waals surface area contributed by atoms with E-state index in [0.29, 0.717) is 0 Å². The number of halogens is 1. The molecule has 1 saturated heterocycles. The minimum atomic E-state index is -0.851. The lowest BCUT2D eigenvalue weighted by Gasteiger charge is -2.45. The molecule has 0 amide bonds. The van der Waals surface area contributed by atoms with Gasteiger partial charge in [0.2, 0.25) is 0 Å². The maximum atomic E-state index is 12.4. The number of carbonyl (C=O) groups is 1. The van der Waals surface area contributed by atoms with Crippen LogP contribution in [0.25, 0.3) is 0 Å². The van der Waals surface area contributed by atoms with Gasteiger partial charge < -0.3 is 24.1 Å². The molecule has 8 heteroatoms. The van der Waals surface area contributed by atoms with E-state index < -0.39 is 35.8 Å². The lowest BCUT2D eigenvalue weighted by atomic mass is 9.99. The van der Waals surface area contributed by atoms with Gasteiger partial charge in [0, 0.05) is 4.90 Å². The van der Waals surface area contributed by atoms with E-state index in [2.05, 4.69) is 0 Å². The zero-order chi connectivity index (χ0) is 25.2. The highest BCUT2D eigenvalue weighted by Crippen LogP contribution is 2.37. The number of carbonyl (C=O) groups excluding carboxylic acids is 1. The highest BCUT2D eigenvalue weighted by atomic mass is 35.5. The standard InChI is InChI=1S/C28H29ClO6S/c29-16-24(31)35-26-25(32-18-20-10-4-1-5-11-20)23(17-30)34-28(36-22-14-8-3-9-15-22)27(26)33-19-21-12-6-2-7-13-21/h1-15,23,25-28,30H,16-19H2/t23-,25-,26+,27+,28-/m1/s1. The normalized spacial score (nSPS) is 23.8. The van der Waals surface area contributed by atoms with Crippen molar-refractivity contribution in [1.29, 1.82) is 0 Å². The Morgan fingerprint density at radius 1 is 0.806 bits per heavy atom. The van der Waals surface area contributed by atoms with Crippen LogP contribution in [0.5, 0.6) is 0 Å². The lowest BCUT2D eigenvalue weighted by molar-refractivity contribution is -0.245. The molecule has 1 fully saturated rings. The van der Waals surface area contributed by atoms with Gasteiger partial charge >= 0.3 is 5.97 Å². The van der Waals surface area contributed by atoms with Crippen molar-refractivity contribution in [2.24, 2.45) is 0 Å². The molecule has 0 unspecified atom stereocenters. The number of ether oxygens (including phenoxy) is 4. The topological polar surface area (TPSA) is 74.2 Å². The van der Waals surface area contributed by atoms with Crippen molar-refractivity contribution in [3.8, 4) is 0 Å². The Morgan fingerprint density at radius 3 is 1.86 bits per heavy atom. The fourth-order valence-electron chi connectivity index (χ4n) is 3.98.